The van der Waals surface area contributed by atoms with Crippen LogP contribution in [0.5, 0.6) is 0 Å². The fourth-order valence-corrected chi connectivity index (χ4v) is 3.36. The Kier molecular flexibility index (Phi) is 7.65. The smallest absolute Gasteiger partial charge is 0.357 e. The van der Waals surface area contributed by atoms with E-state index in [4.69, 9.17) is 4.74 Å². The first-order valence-electron chi connectivity index (χ1n) is 9.16. The normalized spacial score (nSPS) is 11.1. The molecule has 1 heterocycles. The van der Waals surface area contributed by atoms with Gasteiger partial charge in [-0.25, -0.2) is 22.9 Å². The maximum absolute atomic E-state index is 12.4. The van der Waals surface area contributed by atoms with Gasteiger partial charge in [0.2, 0.25) is 5.91 Å². The number of aromatic nitrogens is 1. The van der Waals surface area contributed by atoms with Crippen LogP contribution >= 0.6 is 0 Å². The van der Waals surface area contributed by atoms with E-state index in [0.717, 1.165) is 11.8 Å². The van der Waals surface area contributed by atoms with Crippen molar-refractivity contribution in [2.75, 3.05) is 6.54 Å². The molecule has 0 bridgehead atoms. The molecule has 0 aliphatic rings. The Balaban J connectivity index is 2.03. The van der Waals surface area contributed by atoms with Crippen LogP contribution < -0.4 is 10.0 Å². The first-order valence-corrected chi connectivity index (χ1v) is 10.6. The van der Waals surface area contributed by atoms with Crippen LogP contribution in [-0.4, -0.2) is 43.8 Å². The van der Waals surface area contributed by atoms with Gasteiger partial charge in [-0.15, -0.1) is 0 Å². The zero-order valence-corrected chi connectivity index (χ0v) is 17.7. The number of pyridine rings is 1. The van der Waals surface area contributed by atoms with Crippen LogP contribution in [0.3, 0.4) is 0 Å². The number of benzene rings is 1. The van der Waals surface area contributed by atoms with Crippen LogP contribution in [-0.2, 0) is 26.0 Å². The molecule has 10 heteroatoms. The number of nitrogens with one attached hydrogen (secondary N) is 2. The van der Waals surface area contributed by atoms with Gasteiger partial charge in [-0.3, -0.25) is 9.59 Å². The maximum atomic E-state index is 12.4. The fourth-order valence-electron chi connectivity index (χ4n) is 2.38. The molecule has 9 nitrogen and oxygen atoms in total. The average Bonchev–Trinajstić information content (AvgIpc) is 2.67. The molecule has 1 aromatic heterocycles. The summed E-state index contributed by atoms with van der Waals surface area (Å²) in [6.45, 7) is 5.24. The van der Waals surface area contributed by atoms with Crippen LogP contribution in [0.15, 0.2) is 47.5 Å². The SMILES string of the molecule is CC(=O)NCCc1ccc(S(=O)(=O)NC(=O)c2ccc(C(=O)OC(C)C)nc2)cc1. The summed E-state index contributed by atoms with van der Waals surface area (Å²) in [6, 6.07) is 8.55. The topological polar surface area (TPSA) is 132 Å². The molecule has 2 N–H and O–H groups in total. The highest BCUT2D eigenvalue weighted by molar-refractivity contribution is 7.90. The van der Waals surface area contributed by atoms with Gasteiger partial charge < -0.3 is 10.1 Å². The van der Waals surface area contributed by atoms with Crippen molar-refractivity contribution in [1.29, 1.82) is 0 Å². The molecule has 0 saturated carbocycles. The number of amides is 2. The predicted molar refractivity (Wildman–Crippen MR) is 108 cm³/mol. The van der Waals surface area contributed by atoms with E-state index >= 15 is 0 Å². The average molecular weight is 433 g/mol. The summed E-state index contributed by atoms with van der Waals surface area (Å²) in [5, 5.41) is 2.65. The first-order chi connectivity index (χ1) is 14.1. The Labute approximate surface area is 174 Å². The van der Waals surface area contributed by atoms with E-state index in [9.17, 15) is 22.8 Å². The third kappa shape index (κ3) is 6.66. The highest BCUT2D eigenvalue weighted by Gasteiger charge is 2.20. The van der Waals surface area contributed by atoms with Gasteiger partial charge in [-0.05, 0) is 50.1 Å². The van der Waals surface area contributed by atoms with Crippen molar-refractivity contribution in [1.82, 2.24) is 15.0 Å². The number of nitrogens with zero attached hydrogens (tertiary/aromatic N) is 1. The van der Waals surface area contributed by atoms with Gasteiger partial charge in [-0.1, -0.05) is 12.1 Å². The minimum Gasteiger partial charge on any atom is -0.458 e. The number of carbonyl (C=O) groups is 3. The van der Waals surface area contributed by atoms with Crippen LogP contribution in [0.1, 0.15) is 47.2 Å². The zero-order valence-electron chi connectivity index (χ0n) is 16.8. The minimum absolute atomic E-state index is 0.0120. The van der Waals surface area contributed by atoms with E-state index < -0.39 is 21.9 Å². The lowest BCUT2D eigenvalue weighted by Crippen LogP contribution is -2.30. The van der Waals surface area contributed by atoms with Gasteiger partial charge in [-0.2, -0.15) is 0 Å². The molecule has 2 aromatic rings. The van der Waals surface area contributed by atoms with Crippen LogP contribution in [0.25, 0.3) is 0 Å². The number of esters is 1. The Morgan fingerprint density at radius 3 is 2.27 bits per heavy atom. The van der Waals surface area contributed by atoms with Gasteiger partial charge in [0, 0.05) is 19.7 Å². The van der Waals surface area contributed by atoms with Crippen LogP contribution in [0, 0.1) is 0 Å². The van der Waals surface area contributed by atoms with Gasteiger partial charge in [0.1, 0.15) is 5.69 Å². The Hall–Kier alpha value is -3.27. The second-order valence-corrected chi connectivity index (χ2v) is 8.38. The molecular formula is C20H23N3O6S. The van der Waals surface area contributed by atoms with Crippen molar-refractivity contribution < 1.29 is 27.5 Å². The molecule has 160 valence electrons. The lowest BCUT2D eigenvalue weighted by atomic mass is 10.1. The van der Waals surface area contributed by atoms with E-state index in [1.165, 1.54) is 31.2 Å². The van der Waals surface area contributed by atoms with Crippen LogP contribution in [0.4, 0.5) is 0 Å². The number of sulfonamides is 1. The number of hydrogen-bond donors (Lipinski definition) is 2. The number of ether oxygens (including phenoxy) is 1. The largest absolute Gasteiger partial charge is 0.458 e. The third-order valence-corrected chi connectivity index (χ3v) is 5.17. The molecule has 0 fully saturated rings. The lowest BCUT2D eigenvalue weighted by molar-refractivity contribution is -0.118. The summed E-state index contributed by atoms with van der Waals surface area (Å²) in [4.78, 5) is 38.7. The first kappa shape index (κ1) is 23.0. The predicted octanol–water partition coefficient (Wildman–Crippen LogP) is 1.44. The molecule has 30 heavy (non-hydrogen) atoms. The molecule has 2 amide bonds. The van der Waals surface area contributed by atoms with E-state index in [0.29, 0.717) is 13.0 Å². The summed E-state index contributed by atoms with van der Waals surface area (Å²) in [5.74, 6) is -1.65. The fraction of sp³-hybridized carbons (Fsp3) is 0.300. The molecule has 0 radical (unpaired) electrons. The Bertz CT molecular complexity index is 1020. The number of rotatable bonds is 8. The van der Waals surface area contributed by atoms with Gasteiger partial charge in [0.25, 0.3) is 15.9 Å². The van der Waals surface area contributed by atoms with Gasteiger partial charge in [0.05, 0.1) is 16.6 Å². The van der Waals surface area contributed by atoms with Gasteiger partial charge in [0.15, 0.2) is 0 Å². The van der Waals surface area contributed by atoms with Crippen molar-refractivity contribution >= 4 is 27.8 Å². The number of carbonyl (C=O) groups excluding carboxylic acids is 3. The van der Waals surface area contributed by atoms with Crippen molar-refractivity contribution in [3.05, 3.63) is 59.4 Å². The monoisotopic (exact) mass is 433 g/mol. The van der Waals surface area contributed by atoms with Crippen molar-refractivity contribution in [2.24, 2.45) is 0 Å². The lowest BCUT2D eigenvalue weighted by Gasteiger charge is -2.09. The molecule has 0 aliphatic carbocycles. The zero-order chi connectivity index (χ0) is 22.3. The molecular weight excluding hydrogens is 410 g/mol. The molecule has 0 aliphatic heterocycles. The summed E-state index contributed by atoms with van der Waals surface area (Å²) < 4.78 is 31.9. The number of hydrogen-bond acceptors (Lipinski definition) is 7. The van der Waals surface area contributed by atoms with E-state index in [2.05, 4.69) is 10.3 Å². The molecule has 1 aromatic carbocycles. The van der Waals surface area contributed by atoms with Gasteiger partial charge >= 0.3 is 5.97 Å². The second-order valence-electron chi connectivity index (χ2n) is 6.70. The highest BCUT2D eigenvalue weighted by atomic mass is 32.2. The molecule has 2 rings (SSSR count). The molecule has 0 saturated heterocycles. The van der Waals surface area contributed by atoms with Crippen molar-refractivity contribution in [3.8, 4) is 0 Å². The summed E-state index contributed by atoms with van der Waals surface area (Å²) >= 11 is 0. The minimum atomic E-state index is -4.09. The van der Waals surface area contributed by atoms with E-state index in [1.807, 2.05) is 4.72 Å². The molecule has 0 atom stereocenters. The molecule has 0 spiro atoms. The Morgan fingerprint density at radius 1 is 1.07 bits per heavy atom. The highest BCUT2D eigenvalue weighted by Crippen LogP contribution is 2.12. The standard InChI is InChI=1S/C20H23N3O6S/c1-13(2)29-20(26)18-9-6-16(12-22-18)19(25)23-30(27,28)17-7-4-15(5-8-17)10-11-21-14(3)24/h4-9,12-13H,10-11H2,1-3H3,(H,21,24)(H,23,25). The second kappa shape index (κ2) is 9.97. The van der Waals surface area contributed by atoms with Crippen molar-refractivity contribution in [3.63, 3.8) is 0 Å². The van der Waals surface area contributed by atoms with E-state index in [1.54, 1.807) is 26.0 Å². The summed E-state index contributed by atoms with van der Waals surface area (Å²) in [7, 11) is -4.09. The third-order valence-electron chi connectivity index (χ3n) is 3.83. The quantitative estimate of drug-likeness (QED) is 0.602. The summed E-state index contributed by atoms with van der Waals surface area (Å²) in [6.07, 6.45) is 1.33. The van der Waals surface area contributed by atoms with E-state index in [-0.39, 0.29) is 28.2 Å². The Morgan fingerprint density at radius 2 is 1.73 bits per heavy atom. The van der Waals surface area contributed by atoms with Crippen LogP contribution in [0.2, 0.25) is 0 Å². The van der Waals surface area contributed by atoms with Crippen molar-refractivity contribution in [2.45, 2.75) is 38.2 Å². The summed E-state index contributed by atoms with van der Waals surface area (Å²) in [5.41, 5.74) is 0.826. The molecule has 0 unspecified atom stereocenters. The maximum Gasteiger partial charge on any atom is 0.357 e.